The number of benzene rings is 2. The number of rotatable bonds is 4. The molecule has 2 aromatic carbocycles. The molecule has 0 aliphatic heterocycles. The number of aliphatic carboxylic acids is 1. The molecule has 182 valence electrons. The van der Waals surface area contributed by atoms with Crippen molar-refractivity contribution in [3.05, 3.63) is 59.9 Å². The van der Waals surface area contributed by atoms with E-state index < -0.39 is 22.9 Å². The highest BCUT2D eigenvalue weighted by Gasteiger charge is 2.38. The van der Waals surface area contributed by atoms with E-state index in [1.807, 2.05) is 24.3 Å². The summed E-state index contributed by atoms with van der Waals surface area (Å²) in [4.78, 5) is 30.4. The van der Waals surface area contributed by atoms with Gasteiger partial charge in [-0.2, -0.15) is 13.2 Å². The average molecular weight is 496 g/mol. The topological polar surface area (TPSA) is 112 Å². The fourth-order valence-electron chi connectivity index (χ4n) is 3.80. The first-order valence-electron chi connectivity index (χ1n) is 10.5. The van der Waals surface area contributed by atoms with Crippen molar-refractivity contribution in [3.8, 4) is 0 Å². The second-order valence-corrected chi connectivity index (χ2v) is 9.33. The largest absolute Gasteiger partial charge is 0.490 e. The van der Waals surface area contributed by atoms with E-state index in [0.717, 1.165) is 47.4 Å². The number of halogens is 3. The molecule has 0 saturated heterocycles. The number of carbonyl (C=O) groups excluding carboxylic acids is 1. The Morgan fingerprint density at radius 1 is 1.12 bits per heavy atom. The van der Waals surface area contributed by atoms with E-state index in [1.54, 1.807) is 30.5 Å². The Bertz CT molecular complexity index is 1150. The van der Waals surface area contributed by atoms with Crippen LogP contribution in [0.5, 0.6) is 0 Å². The van der Waals surface area contributed by atoms with Crippen molar-refractivity contribution in [3.63, 3.8) is 0 Å². The predicted molar refractivity (Wildman–Crippen MR) is 121 cm³/mol. The molecule has 1 aromatic heterocycles. The molecule has 1 fully saturated rings. The number of aromatic nitrogens is 2. The predicted octanol–water partition coefficient (Wildman–Crippen LogP) is 4.39. The van der Waals surface area contributed by atoms with E-state index in [2.05, 4.69) is 10.3 Å². The average Bonchev–Trinajstić information content (AvgIpc) is 3.23. The number of nitrogens with zero attached hydrogens (tertiary/aromatic N) is 1. The van der Waals surface area contributed by atoms with E-state index in [-0.39, 0.29) is 11.9 Å². The zero-order chi connectivity index (χ0) is 24.9. The molecule has 0 spiro atoms. The van der Waals surface area contributed by atoms with Crippen molar-refractivity contribution >= 4 is 33.7 Å². The molecule has 3 unspecified atom stereocenters. The lowest BCUT2D eigenvalue weighted by molar-refractivity contribution is -0.192. The third kappa shape index (κ3) is 6.66. The van der Waals surface area contributed by atoms with Crippen LogP contribution in [0.15, 0.2) is 53.4 Å². The molecule has 3 aromatic rings. The molecule has 1 heterocycles. The summed E-state index contributed by atoms with van der Waals surface area (Å²) in [5.41, 5.74) is 2.66. The monoisotopic (exact) mass is 495 g/mol. The minimum absolute atomic E-state index is 0.0707. The number of fused-ring (bicyclic) bond motifs is 1. The number of hydrogen-bond acceptors (Lipinski definition) is 4. The molecule has 7 nitrogen and oxygen atoms in total. The van der Waals surface area contributed by atoms with Crippen LogP contribution in [0, 0.1) is 0 Å². The lowest BCUT2D eigenvalue weighted by Crippen LogP contribution is -2.38. The molecule has 0 bridgehead atoms. The van der Waals surface area contributed by atoms with Gasteiger partial charge in [0, 0.05) is 39.5 Å². The van der Waals surface area contributed by atoms with Gasteiger partial charge in [-0.05, 0) is 55.7 Å². The molecule has 1 aliphatic carbocycles. The molecule has 1 aliphatic rings. The minimum atomic E-state index is -5.08. The molecule has 3 atom stereocenters. The molecule has 1 saturated carbocycles. The molecular weight excluding hydrogens is 471 g/mol. The van der Waals surface area contributed by atoms with Gasteiger partial charge in [0.15, 0.2) is 0 Å². The molecule has 4 rings (SSSR count). The third-order valence-electron chi connectivity index (χ3n) is 5.49. The summed E-state index contributed by atoms with van der Waals surface area (Å²) in [7, 11) is -1.03. The van der Waals surface area contributed by atoms with Crippen molar-refractivity contribution in [1.82, 2.24) is 15.3 Å². The maximum absolute atomic E-state index is 12.6. The Balaban J connectivity index is 0.000000406. The van der Waals surface area contributed by atoms with Crippen molar-refractivity contribution in [2.24, 2.45) is 0 Å². The van der Waals surface area contributed by atoms with Crippen LogP contribution < -0.4 is 5.32 Å². The summed E-state index contributed by atoms with van der Waals surface area (Å²) in [5.74, 6) is -1.47. The van der Waals surface area contributed by atoms with Gasteiger partial charge in [0.2, 0.25) is 0 Å². The van der Waals surface area contributed by atoms with Crippen LogP contribution in [0.3, 0.4) is 0 Å². The van der Waals surface area contributed by atoms with Gasteiger partial charge in [-0.3, -0.25) is 9.00 Å². The fourth-order valence-corrected chi connectivity index (χ4v) is 4.32. The van der Waals surface area contributed by atoms with Gasteiger partial charge in [-0.1, -0.05) is 18.6 Å². The fraction of sp³-hybridized carbons (Fsp3) is 0.348. The summed E-state index contributed by atoms with van der Waals surface area (Å²) in [6.45, 7) is 0. The van der Waals surface area contributed by atoms with Gasteiger partial charge in [-0.25, -0.2) is 9.78 Å². The summed E-state index contributed by atoms with van der Waals surface area (Å²) < 4.78 is 43.2. The molecular formula is C23H24F3N3O4S. The Hall–Kier alpha value is -3.21. The first-order valence-corrected chi connectivity index (χ1v) is 12.1. The number of aromatic amines is 1. The van der Waals surface area contributed by atoms with E-state index in [9.17, 15) is 22.2 Å². The van der Waals surface area contributed by atoms with E-state index in [0.29, 0.717) is 11.5 Å². The third-order valence-corrected chi connectivity index (χ3v) is 6.43. The number of nitrogens with one attached hydrogen (secondary N) is 2. The van der Waals surface area contributed by atoms with Crippen LogP contribution >= 0.6 is 0 Å². The lowest BCUT2D eigenvalue weighted by Gasteiger charge is -2.28. The summed E-state index contributed by atoms with van der Waals surface area (Å²) in [6, 6.07) is 15.2. The first-order chi connectivity index (χ1) is 16.0. The highest BCUT2D eigenvalue weighted by molar-refractivity contribution is 7.84. The van der Waals surface area contributed by atoms with Crippen LogP contribution in [0.2, 0.25) is 0 Å². The van der Waals surface area contributed by atoms with Crippen molar-refractivity contribution < 1.29 is 32.1 Å². The van der Waals surface area contributed by atoms with Crippen molar-refractivity contribution in [2.45, 2.75) is 48.7 Å². The van der Waals surface area contributed by atoms with Gasteiger partial charge >= 0.3 is 12.1 Å². The van der Waals surface area contributed by atoms with E-state index in [1.165, 1.54) is 0 Å². The Kier molecular flexibility index (Phi) is 8.08. The van der Waals surface area contributed by atoms with Gasteiger partial charge in [0.05, 0.1) is 11.0 Å². The quantitative estimate of drug-likeness (QED) is 0.497. The number of amides is 1. The number of para-hydroxylation sites is 2. The zero-order valence-electron chi connectivity index (χ0n) is 18.3. The molecule has 0 radical (unpaired) electrons. The molecule has 1 amide bonds. The van der Waals surface area contributed by atoms with Crippen molar-refractivity contribution in [1.29, 1.82) is 0 Å². The number of carboxylic acids is 1. The standard InChI is InChI=1S/C21H23N3O2S.C2HF3O2/c1-27(26)17-11-9-14(10-12-17)21(25)22-16-6-4-5-15(13-16)20-23-18-7-2-3-8-19(18)24-20;3-2(4,5)1(6)7/h2-3,7-12,15-16H,4-6,13H2,1H3,(H,22,25)(H,23,24);(H,6,7). The SMILES string of the molecule is CS(=O)c1ccc(C(=O)NC2CCCC(c3nc4ccccc4[nH]3)C2)cc1.O=C(O)C(F)(F)F. The molecule has 34 heavy (non-hydrogen) atoms. The Morgan fingerprint density at radius 2 is 1.76 bits per heavy atom. The Morgan fingerprint density at radius 3 is 2.35 bits per heavy atom. The number of carbonyl (C=O) groups is 2. The van der Waals surface area contributed by atoms with Crippen LogP contribution in [0.25, 0.3) is 11.0 Å². The number of imidazole rings is 1. The first kappa shape index (κ1) is 25.4. The number of alkyl halides is 3. The highest BCUT2D eigenvalue weighted by Crippen LogP contribution is 2.32. The molecule has 3 N–H and O–H groups in total. The summed E-state index contributed by atoms with van der Waals surface area (Å²) in [6.07, 6.45) is 0.584. The van der Waals surface area contributed by atoms with Crippen LogP contribution in [-0.2, 0) is 15.6 Å². The van der Waals surface area contributed by atoms with Gasteiger partial charge in [0.1, 0.15) is 5.82 Å². The second-order valence-electron chi connectivity index (χ2n) is 7.95. The van der Waals surface area contributed by atoms with Gasteiger partial charge < -0.3 is 15.4 Å². The minimum Gasteiger partial charge on any atom is -0.475 e. The summed E-state index contributed by atoms with van der Waals surface area (Å²) in [5, 5.41) is 10.3. The molecule has 11 heteroatoms. The van der Waals surface area contributed by atoms with E-state index >= 15 is 0 Å². The number of carboxylic acid groups (broad SMARTS) is 1. The van der Waals surface area contributed by atoms with Crippen LogP contribution in [-0.4, -0.2) is 49.6 Å². The van der Waals surface area contributed by atoms with E-state index in [4.69, 9.17) is 14.9 Å². The van der Waals surface area contributed by atoms with Crippen molar-refractivity contribution in [2.75, 3.05) is 6.26 Å². The maximum atomic E-state index is 12.6. The highest BCUT2D eigenvalue weighted by atomic mass is 32.2. The second kappa shape index (κ2) is 10.8. The zero-order valence-corrected chi connectivity index (χ0v) is 19.1. The van der Waals surface area contributed by atoms with Crippen LogP contribution in [0.4, 0.5) is 13.2 Å². The van der Waals surface area contributed by atoms with Crippen LogP contribution in [0.1, 0.15) is 47.8 Å². The Labute approximate surface area is 196 Å². The lowest BCUT2D eigenvalue weighted by atomic mass is 9.85. The normalized spacial score (nSPS) is 19.1. The van der Waals surface area contributed by atoms with Gasteiger partial charge in [0.25, 0.3) is 5.91 Å². The smallest absolute Gasteiger partial charge is 0.475 e. The number of H-pyrrole nitrogens is 1. The number of hydrogen-bond donors (Lipinski definition) is 3. The summed E-state index contributed by atoms with van der Waals surface area (Å²) >= 11 is 0. The van der Waals surface area contributed by atoms with Gasteiger partial charge in [-0.15, -0.1) is 0 Å². The maximum Gasteiger partial charge on any atom is 0.490 e.